The molecule has 37 heavy (non-hydrogen) atoms. The van der Waals surface area contributed by atoms with Crippen molar-refractivity contribution in [3.8, 4) is 11.5 Å². The number of methoxy groups -OCH3 is 1. The van der Waals surface area contributed by atoms with E-state index >= 15 is 0 Å². The first kappa shape index (κ1) is 28.2. The summed E-state index contributed by atoms with van der Waals surface area (Å²) in [5.74, 6) is -1.19. The van der Waals surface area contributed by atoms with Crippen LogP contribution in [0.5, 0.6) is 11.5 Å². The third-order valence-electron chi connectivity index (χ3n) is 5.10. The SMILES string of the molecule is COc1cc(Br)c(Br)c(/C=N\NC(=O)/C(=C\c2ccc(N(C)C)cc2)NC(=O)c2ccccc2Cl)c1O. The zero-order valence-corrected chi connectivity index (χ0v) is 24.0. The molecular weight excluding hydrogens is 628 g/mol. The summed E-state index contributed by atoms with van der Waals surface area (Å²) >= 11 is 12.9. The molecule has 0 aliphatic carbocycles. The van der Waals surface area contributed by atoms with Crippen LogP contribution < -0.4 is 20.4 Å². The Morgan fingerprint density at radius 2 is 1.78 bits per heavy atom. The number of hydrogen-bond donors (Lipinski definition) is 3. The number of hydrogen-bond acceptors (Lipinski definition) is 6. The smallest absolute Gasteiger partial charge is 0.287 e. The second kappa shape index (κ2) is 12.8. The van der Waals surface area contributed by atoms with Gasteiger partial charge in [-0.05, 0) is 73.8 Å². The summed E-state index contributed by atoms with van der Waals surface area (Å²) in [5, 5.41) is 17.3. The molecule has 0 aliphatic rings. The van der Waals surface area contributed by atoms with Crippen molar-refractivity contribution in [2.24, 2.45) is 5.10 Å². The van der Waals surface area contributed by atoms with Gasteiger partial charge in [0.1, 0.15) is 5.70 Å². The predicted octanol–water partition coefficient (Wildman–Crippen LogP) is 5.57. The van der Waals surface area contributed by atoms with Crippen molar-refractivity contribution in [2.75, 3.05) is 26.1 Å². The molecule has 8 nitrogen and oxygen atoms in total. The van der Waals surface area contributed by atoms with E-state index in [2.05, 4.69) is 47.7 Å². The van der Waals surface area contributed by atoms with Crippen molar-refractivity contribution < 1.29 is 19.4 Å². The van der Waals surface area contributed by atoms with E-state index in [0.717, 1.165) is 5.69 Å². The highest BCUT2D eigenvalue weighted by Gasteiger charge is 2.17. The van der Waals surface area contributed by atoms with E-state index in [1.165, 1.54) is 19.4 Å². The standard InChI is InChI=1S/C26H23Br2ClN4O4/c1-33(2)16-10-8-15(9-11-16)12-21(31-25(35)17-6-4-5-7-20(17)29)26(36)32-30-14-18-23(28)19(27)13-22(37-3)24(18)34/h4-14,34H,1-3H3,(H,31,35)(H,32,36)/b21-12+,30-14-. The number of phenolic OH excluding ortho intramolecular Hbond substituents is 1. The minimum Gasteiger partial charge on any atom is -0.504 e. The fourth-order valence-corrected chi connectivity index (χ4v) is 4.18. The van der Waals surface area contributed by atoms with Gasteiger partial charge in [-0.1, -0.05) is 35.9 Å². The molecule has 0 bridgehead atoms. The molecular formula is C26H23Br2ClN4O4. The van der Waals surface area contributed by atoms with Gasteiger partial charge in [0.2, 0.25) is 0 Å². The fraction of sp³-hybridized carbons (Fsp3) is 0.115. The second-order valence-corrected chi connectivity index (χ2v) is 9.87. The first-order valence-electron chi connectivity index (χ1n) is 10.8. The van der Waals surface area contributed by atoms with E-state index in [-0.39, 0.29) is 33.3 Å². The number of halogens is 3. The number of aromatic hydroxyl groups is 1. The van der Waals surface area contributed by atoms with Crippen molar-refractivity contribution in [3.05, 3.63) is 91.0 Å². The molecule has 0 saturated heterocycles. The van der Waals surface area contributed by atoms with Crippen molar-refractivity contribution in [1.29, 1.82) is 0 Å². The van der Waals surface area contributed by atoms with Gasteiger partial charge in [-0.2, -0.15) is 5.10 Å². The quantitative estimate of drug-likeness (QED) is 0.168. The molecule has 0 radical (unpaired) electrons. The van der Waals surface area contributed by atoms with Gasteiger partial charge in [-0.25, -0.2) is 5.43 Å². The number of nitrogens with zero attached hydrogens (tertiary/aromatic N) is 2. The number of nitrogens with one attached hydrogen (secondary N) is 2. The molecule has 11 heteroatoms. The monoisotopic (exact) mass is 648 g/mol. The van der Waals surface area contributed by atoms with E-state index in [1.54, 1.807) is 30.3 Å². The molecule has 0 fully saturated rings. The first-order chi connectivity index (χ1) is 17.6. The number of rotatable bonds is 8. The van der Waals surface area contributed by atoms with Gasteiger partial charge in [0, 0.05) is 28.7 Å². The summed E-state index contributed by atoms with van der Waals surface area (Å²) < 4.78 is 6.27. The zero-order valence-electron chi connectivity index (χ0n) is 20.1. The van der Waals surface area contributed by atoms with Crippen LogP contribution in [0.15, 0.2) is 74.3 Å². The molecule has 3 rings (SSSR count). The molecule has 3 aromatic carbocycles. The van der Waals surface area contributed by atoms with Crippen molar-refractivity contribution in [2.45, 2.75) is 0 Å². The number of ether oxygens (including phenoxy) is 1. The summed E-state index contributed by atoms with van der Waals surface area (Å²) in [4.78, 5) is 27.9. The Morgan fingerprint density at radius 1 is 1.11 bits per heavy atom. The number of benzene rings is 3. The van der Waals surface area contributed by atoms with Gasteiger partial charge in [0.25, 0.3) is 11.8 Å². The van der Waals surface area contributed by atoms with E-state index in [9.17, 15) is 14.7 Å². The third kappa shape index (κ3) is 7.12. The Balaban J connectivity index is 1.90. The lowest BCUT2D eigenvalue weighted by atomic mass is 10.1. The van der Waals surface area contributed by atoms with Crippen LogP contribution >= 0.6 is 43.5 Å². The minimum absolute atomic E-state index is 0.0604. The average Bonchev–Trinajstić information content (AvgIpc) is 2.88. The Hall–Kier alpha value is -3.34. The molecule has 0 heterocycles. The lowest BCUT2D eigenvalue weighted by Crippen LogP contribution is -2.33. The summed E-state index contributed by atoms with van der Waals surface area (Å²) in [5.41, 5.74) is 4.46. The largest absolute Gasteiger partial charge is 0.504 e. The van der Waals surface area contributed by atoms with E-state index in [4.69, 9.17) is 16.3 Å². The molecule has 0 atom stereocenters. The lowest BCUT2D eigenvalue weighted by Gasteiger charge is -2.13. The van der Waals surface area contributed by atoms with Crippen LogP contribution in [0.4, 0.5) is 5.69 Å². The van der Waals surface area contributed by atoms with Crippen LogP contribution in [0.3, 0.4) is 0 Å². The summed E-state index contributed by atoms with van der Waals surface area (Å²) in [6.07, 6.45) is 2.78. The van der Waals surface area contributed by atoms with Crippen molar-refractivity contribution in [3.63, 3.8) is 0 Å². The van der Waals surface area contributed by atoms with Crippen LogP contribution in [0.1, 0.15) is 21.5 Å². The Kier molecular flexibility index (Phi) is 9.73. The molecule has 2 amide bonds. The highest BCUT2D eigenvalue weighted by molar-refractivity contribution is 9.13. The normalized spacial score (nSPS) is 11.4. The highest BCUT2D eigenvalue weighted by atomic mass is 79.9. The average molecular weight is 651 g/mol. The summed E-state index contributed by atoms with van der Waals surface area (Å²) in [6, 6.07) is 15.5. The number of carbonyl (C=O) groups is 2. The van der Waals surface area contributed by atoms with Gasteiger partial charge >= 0.3 is 0 Å². The van der Waals surface area contributed by atoms with Gasteiger partial charge in [0.05, 0.1) is 29.5 Å². The highest BCUT2D eigenvalue weighted by Crippen LogP contribution is 2.39. The predicted molar refractivity (Wildman–Crippen MR) is 153 cm³/mol. The van der Waals surface area contributed by atoms with E-state index in [1.807, 2.05) is 43.3 Å². The molecule has 0 saturated carbocycles. The first-order valence-corrected chi connectivity index (χ1v) is 12.7. The number of phenols is 1. The minimum atomic E-state index is -0.689. The number of anilines is 1. The van der Waals surface area contributed by atoms with Crippen LogP contribution in [-0.4, -0.2) is 44.3 Å². The molecule has 3 N–H and O–H groups in total. The van der Waals surface area contributed by atoms with Crippen molar-refractivity contribution >= 4 is 73.3 Å². The van der Waals surface area contributed by atoms with Crippen LogP contribution in [-0.2, 0) is 4.79 Å². The summed E-state index contributed by atoms with van der Waals surface area (Å²) in [7, 11) is 5.26. The maximum absolute atomic E-state index is 13.1. The topological polar surface area (TPSA) is 103 Å². The Bertz CT molecular complexity index is 1380. The lowest BCUT2D eigenvalue weighted by molar-refractivity contribution is -0.117. The second-order valence-electron chi connectivity index (χ2n) is 7.81. The van der Waals surface area contributed by atoms with Gasteiger partial charge in [-0.15, -0.1) is 0 Å². The third-order valence-corrected chi connectivity index (χ3v) is 7.45. The number of amides is 2. The molecule has 3 aromatic rings. The van der Waals surface area contributed by atoms with Crippen LogP contribution in [0.2, 0.25) is 5.02 Å². The molecule has 192 valence electrons. The Morgan fingerprint density at radius 3 is 2.41 bits per heavy atom. The maximum atomic E-state index is 13.1. The Labute approximate surface area is 236 Å². The fourth-order valence-electron chi connectivity index (χ4n) is 3.13. The zero-order chi connectivity index (χ0) is 27.1. The molecule has 0 aromatic heterocycles. The van der Waals surface area contributed by atoms with Crippen LogP contribution in [0.25, 0.3) is 6.08 Å². The molecule has 0 unspecified atom stereocenters. The van der Waals surface area contributed by atoms with Crippen LogP contribution in [0, 0.1) is 0 Å². The molecule has 0 aliphatic heterocycles. The molecule has 0 spiro atoms. The van der Waals surface area contributed by atoms with Gasteiger partial charge in [-0.3, -0.25) is 9.59 Å². The summed E-state index contributed by atoms with van der Waals surface area (Å²) in [6.45, 7) is 0. The van der Waals surface area contributed by atoms with E-state index < -0.39 is 11.8 Å². The van der Waals surface area contributed by atoms with Gasteiger partial charge < -0.3 is 20.1 Å². The van der Waals surface area contributed by atoms with E-state index in [0.29, 0.717) is 14.5 Å². The van der Waals surface area contributed by atoms with Gasteiger partial charge in [0.15, 0.2) is 11.5 Å². The number of carbonyl (C=O) groups excluding carboxylic acids is 2. The van der Waals surface area contributed by atoms with Crippen molar-refractivity contribution in [1.82, 2.24) is 10.7 Å². The maximum Gasteiger partial charge on any atom is 0.287 e. The number of hydrazone groups is 1.